The Morgan fingerprint density at radius 3 is 2.84 bits per heavy atom. The minimum Gasteiger partial charge on any atom is -0.493 e. The van der Waals surface area contributed by atoms with Gasteiger partial charge < -0.3 is 25.4 Å². The number of rotatable bonds is 7. The van der Waals surface area contributed by atoms with Crippen LogP contribution in [-0.4, -0.2) is 48.8 Å². The summed E-state index contributed by atoms with van der Waals surface area (Å²) in [6.07, 6.45) is 1.68. The summed E-state index contributed by atoms with van der Waals surface area (Å²) < 4.78 is 39.4. The van der Waals surface area contributed by atoms with Crippen LogP contribution in [0.3, 0.4) is 0 Å². The van der Waals surface area contributed by atoms with Gasteiger partial charge in [0, 0.05) is 36.6 Å². The fourth-order valence-corrected chi connectivity index (χ4v) is 4.39. The number of aromatic nitrogens is 3. The van der Waals surface area contributed by atoms with Crippen molar-refractivity contribution in [3.63, 3.8) is 0 Å². The summed E-state index contributed by atoms with van der Waals surface area (Å²) in [6.45, 7) is 4.19. The van der Waals surface area contributed by atoms with Crippen molar-refractivity contribution in [3.05, 3.63) is 59.8 Å². The van der Waals surface area contributed by atoms with Crippen LogP contribution in [-0.2, 0) is 4.74 Å². The molecule has 0 radical (unpaired) electrons. The summed E-state index contributed by atoms with van der Waals surface area (Å²) in [4.78, 5) is 24.8. The molecule has 1 fully saturated rings. The number of benzene rings is 2. The largest absolute Gasteiger partial charge is 0.493 e. The van der Waals surface area contributed by atoms with Gasteiger partial charge in [-0.25, -0.2) is 13.8 Å². The molecule has 0 saturated carbocycles. The van der Waals surface area contributed by atoms with Crippen LogP contribution in [0.15, 0.2) is 42.6 Å². The number of methoxy groups -OCH3 is 1. The van der Waals surface area contributed by atoms with Crippen LogP contribution in [0, 0.1) is 11.6 Å². The molecule has 2 aromatic heterocycles. The zero-order chi connectivity index (χ0) is 26.1. The van der Waals surface area contributed by atoms with E-state index in [2.05, 4.69) is 37.4 Å². The Morgan fingerprint density at radius 1 is 1.24 bits per heavy atom. The van der Waals surface area contributed by atoms with Crippen molar-refractivity contribution in [1.29, 1.82) is 0 Å². The Bertz CT molecular complexity index is 1480. The smallest absolute Gasteiger partial charge is 0.351 e. The van der Waals surface area contributed by atoms with Gasteiger partial charge in [-0.2, -0.15) is 0 Å². The van der Waals surface area contributed by atoms with Crippen LogP contribution >= 0.6 is 0 Å². The van der Waals surface area contributed by atoms with Crippen LogP contribution in [0.2, 0.25) is 0 Å². The van der Waals surface area contributed by atoms with Crippen molar-refractivity contribution in [2.75, 3.05) is 42.4 Å². The molecular weight excluding hydrogens is 484 g/mol. The molecule has 4 aromatic rings. The average molecular weight is 511 g/mol. The van der Waals surface area contributed by atoms with Gasteiger partial charge in [-0.05, 0) is 31.2 Å². The van der Waals surface area contributed by atoms with Crippen molar-refractivity contribution < 1.29 is 28.0 Å². The van der Waals surface area contributed by atoms with Crippen molar-refractivity contribution in [2.24, 2.45) is 5.73 Å². The molecule has 0 spiro atoms. The Balaban J connectivity index is 1.49. The van der Waals surface area contributed by atoms with E-state index in [-0.39, 0.29) is 17.5 Å². The molecule has 10 nitrogen and oxygen atoms in total. The number of amides is 1. The molecule has 12 heteroatoms. The Hall–Kier alpha value is -4.45. The number of anilines is 5. The number of hydrogen-bond donors (Lipinski definition) is 4. The van der Waals surface area contributed by atoms with E-state index in [4.69, 9.17) is 15.2 Å². The molecule has 6 N–H and O–H groups in total. The molecule has 192 valence electrons. The van der Waals surface area contributed by atoms with E-state index in [0.29, 0.717) is 47.7 Å². The summed E-state index contributed by atoms with van der Waals surface area (Å²) in [7, 11) is 1.58. The Labute approximate surface area is 210 Å². The molecule has 37 heavy (non-hydrogen) atoms. The van der Waals surface area contributed by atoms with Crippen LogP contribution < -0.4 is 31.0 Å². The maximum absolute atomic E-state index is 14.3. The van der Waals surface area contributed by atoms with Gasteiger partial charge in [-0.1, -0.05) is 4.98 Å². The van der Waals surface area contributed by atoms with Gasteiger partial charge in [0.25, 0.3) is 5.91 Å². The molecule has 1 aliphatic heterocycles. The second kappa shape index (κ2) is 9.90. The van der Waals surface area contributed by atoms with Gasteiger partial charge in [0.1, 0.15) is 17.3 Å². The summed E-state index contributed by atoms with van der Waals surface area (Å²) in [6, 6.07) is 9.34. The molecule has 1 amide bonds. The summed E-state index contributed by atoms with van der Waals surface area (Å²) >= 11 is 0. The predicted octanol–water partition coefficient (Wildman–Crippen LogP) is 3.48. The summed E-state index contributed by atoms with van der Waals surface area (Å²) in [5.41, 5.74) is 6.96. The highest BCUT2D eigenvalue weighted by molar-refractivity contribution is 6.00. The quantitative estimate of drug-likeness (QED) is 0.299. The van der Waals surface area contributed by atoms with E-state index in [1.165, 1.54) is 0 Å². The minimum atomic E-state index is -1.07. The predicted molar refractivity (Wildman–Crippen MR) is 135 cm³/mol. The first kappa shape index (κ1) is 24.3. The standard InChI is InChI=1S/C25H25F2N7O3/c1-13-12-37-8-7-34(13)15-3-4-18(20(11-15)36-2)31-25-32-23-16(5-6-29-23)24(33-25)30-19-10-14(26)9-17(27)21(19)22(28)35/h3-6,9-11,13H,7-8,12H2,1-2H3,(H2,28,35)(H3,29,30,31,32,33)/p+1/t13-/m0/s1. The first-order valence-electron chi connectivity index (χ1n) is 11.6. The molecule has 1 atom stereocenters. The van der Waals surface area contributed by atoms with Crippen molar-refractivity contribution >= 4 is 45.8 Å². The molecular formula is C25H26F2N7O3+. The van der Waals surface area contributed by atoms with E-state index < -0.39 is 23.1 Å². The molecule has 0 unspecified atom stereocenters. The van der Waals surface area contributed by atoms with Gasteiger partial charge >= 0.3 is 5.95 Å². The van der Waals surface area contributed by atoms with E-state index in [1.807, 2.05) is 18.2 Å². The third-order valence-electron chi connectivity index (χ3n) is 6.16. The minimum absolute atomic E-state index is 0.140. The maximum atomic E-state index is 14.3. The van der Waals surface area contributed by atoms with Gasteiger partial charge in [0.15, 0.2) is 5.75 Å². The normalized spacial score (nSPS) is 15.6. The lowest BCUT2D eigenvalue weighted by molar-refractivity contribution is -0.333. The number of halogens is 2. The monoisotopic (exact) mass is 510 g/mol. The molecule has 0 aliphatic carbocycles. The van der Waals surface area contributed by atoms with Gasteiger partial charge in [0.2, 0.25) is 11.5 Å². The highest BCUT2D eigenvalue weighted by Crippen LogP contribution is 2.33. The highest BCUT2D eigenvalue weighted by Gasteiger charge is 2.23. The average Bonchev–Trinajstić information content (AvgIpc) is 3.33. The zero-order valence-corrected chi connectivity index (χ0v) is 20.2. The van der Waals surface area contributed by atoms with E-state index >= 15 is 0 Å². The second-order valence-electron chi connectivity index (χ2n) is 8.63. The number of nitrogens with zero attached hydrogens (tertiary/aromatic N) is 2. The van der Waals surface area contributed by atoms with E-state index in [1.54, 1.807) is 19.4 Å². The third-order valence-corrected chi connectivity index (χ3v) is 6.16. The number of morpholine rings is 1. The summed E-state index contributed by atoms with van der Waals surface area (Å²) in [5, 5.41) is 6.65. The van der Waals surface area contributed by atoms with Gasteiger partial charge in [-0.3, -0.25) is 15.1 Å². The lowest BCUT2D eigenvalue weighted by atomic mass is 10.1. The van der Waals surface area contributed by atoms with Crippen LogP contribution in [0.25, 0.3) is 11.0 Å². The number of nitrogens with one attached hydrogen (secondary N) is 4. The third kappa shape index (κ3) is 4.83. The fourth-order valence-electron chi connectivity index (χ4n) is 4.39. The molecule has 1 saturated heterocycles. The lowest BCUT2D eigenvalue weighted by Crippen LogP contribution is -2.43. The van der Waals surface area contributed by atoms with Crippen molar-refractivity contribution in [3.8, 4) is 5.75 Å². The van der Waals surface area contributed by atoms with Gasteiger partial charge in [0.05, 0.1) is 37.0 Å². The number of fused-ring (bicyclic) bond motifs is 1. The number of hydrogen-bond acceptors (Lipinski definition) is 7. The van der Waals surface area contributed by atoms with Gasteiger partial charge in [-0.15, -0.1) is 0 Å². The first-order chi connectivity index (χ1) is 17.8. The fraction of sp³-hybridized carbons (Fsp3) is 0.240. The van der Waals surface area contributed by atoms with Crippen LogP contribution in [0.4, 0.5) is 37.6 Å². The number of primary amides is 1. The van der Waals surface area contributed by atoms with Crippen molar-refractivity contribution in [2.45, 2.75) is 13.0 Å². The number of aromatic amines is 2. The highest BCUT2D eigenvalue weighted by atomic mass is 19.1. The number of ether oxygens (including phenoxy) is 2. The molecule has 5 rings (SSSR count). The second-order valence-corrected chi connectivity index (χ2v) is 8.63. The number of H-pyrrole nitrogens is 2. The number of carbonyl (C=O) groups is 1. The molecule has 2 aromatic carbocycles. The van der Waals surface area contributed by atoms with E-state index in [9.17, 15) is 13.6 Å². The maximum Gasteiger partial charge on any atom is 0.351 e. The Kier molecular flexibility index (Phi) is 6.49. The topological polar surface area (TPSA) is 132 Å². The molecule has 0 bridgehead atoms. The van der Waals surface area contributed by atoms with Crippen LogP contribution in [0.1, 0.15) is 17.3 Å². The molecule has 1 aliphatic rings. The van der Waals surface area contributed by atoms with Crippen LogP contribution in [0.5, 0.6) is 5.75 Å². The lowest BCUT2D eigenvalue weighted by Gasteiger charge is -2.35. The Morgan fingerprint density at radius 2 is 2.08 bits per heavy atom. The van der Waals surface area contributed by atoms with Crippen molar-refractivity contribution in [1.82, 2.24) is 9.97 Å². The SMILES string of the molecule is COc1cc(N2CCOC[C@@H]2C)ccc1Nc1nc(Nc2cc(F)cc(F)c2C(N)=O)c2cc[nH]c2[nH+]1. The number of nitrogens with two attached hydrogens (primary N) is 1. The zero-order valence-electron chi connectivity index (χ0n) is 20.2. The van der Waals surface area contributed by atoms with E-state index in [0.717, 1.165) is 18.3 Å². The summed E-state index contributed by atoms with van der Waals surface area (Å²) in [5.74, 6) is -1.83. The molecule has 3 heterocycles. The number of carbonyl (C=O) groups excluding carboxylic acids is 1. The first-order valence-corrected chi connectivity index (χ1v) is 11.6.